The molecular formula is C24H25FN2O4. The standard InChI is InChI=1S/C24H25FN2O4/c1-4-27(15-17-5-7-18(8-6-17)23(28)26(2)3)24(29)22-14-13-21(31-22)16-30-20-11-9-19(25)10-12-20/h5-14H,4,15-16H2,1-3H3. The third-order valence-corrected chi connectivity index (χ3v) is 4.72. The molecule has 0 spiro atoms. The van der Waals surface area contributed by atoms with Crippen molar-refractivity contribution < 1.29 is 23.1 Å². The first-order valence-electron chi connectivity index (χ1n) is 9.94. The maximum atomic E-state index is 13.0. The molecular weight excluding hydrogens is 399 g/mol. The van der Waals surface area contributed by atoms with Crippen LogP contribution in [0.4, 0.5) is 4.39 Å². The Hall–Kier alpha value is -3.61. The minimum atomic E-state index is -0.336. The van der Waals surface area contributed by atoms with E-state index in [1.54, 1.807) is 43.3 Å². The summed E-state index contributed by atoms with van der Waals surface area (Å²) in [5.41, 5.74) is 1.51. The molecule has 162 valence electrons. The van der Waals surface area contributed by atoms with E-state index in [-0.39, 0.29) is 30.0 Å². The second-order valence-electron chi connectivity index (χ2n) is 7.22. The van der Waals surface area contributed by atoms with E-state index < -0.39 is 0 Å². The fourth-order valence-corrected chi connectivity index (χ4v) is 2.97. The molecule has 2 aromatic carbocycles. The Labute approximate surface area is 180 Å². The van der Waals surface area contributed by atoms with Crippen LogP contribution < -0.4 is 4.74 Å². The van der Waals surface area contributed by atoms with Crippen LogP contribution in [0.25, 0.3) is 0 Å². The Morgan fingerprint density at radius 3 is 2.23 bits per heavy atom. The van der Waals surface area contributed by atoms with Crippen LogP contribution in [-0.4, -0.2) is 42.3 Å². The number of carbonyl (C=O) groups excluding carboxylic acids is 2. The fourth-order valence-electron chi connectivity index (χ4n) is 2.97. The van der Waals surface area contributed by atoms with E-state index in [1.165, 1.54) is 29.2 Å². The lowest BCUT2D eigenvalue weighted by molar-refractivity contribution is 0.0715. The van der Waals surface area contributed by atoms with Crippen LogP contribution in [0, 0.1) is 5.82 Å². The molecule has 0 aliphatic heterocycles. The number of amides is 2. The van der Waals surface area contributed by atoms with Gasteiger partial charge in [0.1, 0.15) is 23.9 Å². The van der Waals surface area contributed by atoms with Gasteiger partial charge in [-0.2, -0.15) is 0 Å². The zero-order chi connectivity index (χ0) is 22.4. The van der Waals surface area contributed by atoms with Crippen LogP contribution >= 0.6 is 0 Å². The molecule has 2 amide bonds. The molecule has 1 aromatic heterocycles. The third-order valence-electron chi connectivity index (χ3n) is 4.72. The molecule has 7 heteroatoms. The number of benzene rings is 2. The van der Waals surface area contributed by atoms with Gasteiger partial charge in [-0.3, -0.25) is 9.59 Å². The van der Waals surface area contributed by atoms with Crippen molar-refractivity contribution in [2.45, 2.75) is 20.1 Å². The Bertz CT molecular complexity index is 1030. The molecule has 0 atom stereocenters. The largest absolute Gasteiger partial charge is 0.486 e. The molecule has 0 aliphatic carbocycles. The minimum absolute atomic E-state index is 0.0686. The summed E-state index contributed by atoms with van der Waals surface area (Å²) >= 11 is 0. The minimum Gasteiger partial charge on any atom is -0.486 e. The predicted octanol–water partition coefficient (Wildman–Crippen LogP) is 4.36. The van der Waals surface area contributed by atoms with Crippen LogP contribution in [-0.2, 0) is 13.2 Å². The average Bonchev–Trinajstić information content (AvgIpc) is 3.25. The second-order valence-corrected chi connectivity index (χ2v) is 7.22. The van der Waals surface area contributed by atoms with Gasteiger partial charge in [0, 0.05) is 32.7 Å². The van der Waals surface area contributed by atoms with E-state index in [9.17, 15) is 14.0 Å². The highest BCUT2D eigenvalue weighted by Crippen LogP contribution is 2.17. The van der Waals surface area contributed by atoms with Crippen molar-refractivity contribution in [3.05, 3.63) is 89.1 Å². The van der Waals surface area contributed by atoms with E-state index in [4.69, 9.17) is 9.15 Å². The Morgan fingerprint density at radius 1 is 0.935 bits per heavy atom. The molecule has 0 fully saturated rings. The first-order valence-corrected chi connectivity index (χ1v) is 9.94. The van der Waals surface area contributed by atoms with Gasteiger partial charge in [0.2, 0.25) is 0 Å². The van der Waals surface area contributed by atoms with Crippen LogP contribution in [0.3, 0.4) is 0 Å². The maximum absolute atomic E-state index is 13.0. The smallest absolute Gasteiger partial charge is 0.289 e. The lowest BCUT2D eigenvalue weighted by Gasteiger charge is -2.20. The van der Waals surface area contributed by atoms with Gasteiger partial charge < -0.3 is 19.0 Å². The van der Waals surface area contributed by atoms with Crippen molar-refractivity contribution in [3.8, 4) is 5.75 Å². The fraction of sp³-hybridized carbons (Fsp3) is 0.250. The predicted molar refractivity (Wildman–Crippen MR) is 114 cm³/mol. The summed E-state index contributed by atoms with van der Waals surface area (Å²) in [5.74, 6) is 0.591. The Kier molecular flexibility index (Phi) is 7.07. The molecule has 3 aromatic rings. The van der Waals surface area contributed by atoms with Gasteiger partial charge in [-0.15, -0.1) is 0 Å². The van der Waals surface area contributed by atoms with Crippen LogP contribution in [0.2, 0.25) is 0 Å². The number of nitrogens with zero attached hydrogens (tertiary/aromatic N) is 2. The highest BCUT2D eigenvalue weighted by molar-refractivity contribution is 5.94. The number of ether oxygens (including phenoxy) is 1. The Morgan fingerprint density at radius 2 is 1.61 bits per heavy atom. The summed E-state index contributed by atoms with van der Waals surface area (Å²) in [5, 5.41) is 0. The molecule has 0 radical (unpaired) electrons. The van der Waals surface area contributed by atoms with Crippen LogP contribution in [0.5, 0.6) is 5.75 Å². The topological polar surface area (TPSA) is 63.0 Å². The van der Waals surface area contributed by atoms with Gasteiger partial charge >= 0.3 is 0 Å². The number of carbonyl (C=O) groups is 2. The van der Waals surface area contributed by atoms with E-state index >= 15 is 0 Å². The molecule has 0 saturated heterocycles. The average molecular weight is 424 g/mol. The van der Waals surface area contributed by atoms with Gasteiger partial charge in [-0.1, -0.05) is 12.1 Å². The van der Waals surface area contributed by atoms with Crippen molar-refractivity contribution >= 4 is 11.8 Å². The van der Waals surface area contributed by atoms with Gasteiger partial charge in [-0.25, -0.2) is 4.39 Å². The van der Waals surface area contributed by atoms with Crippen molar-refractivity contribution in [3.63, 3.8) is 0 Å². The number of hydrogen-bond donors (Lipinski definition) is 0. The molecule has 0 saturated carbocycles. The number of rotatable bonds is 8. The van der Waals surface area contributed by atoms with E-state index in [1.807, 2.05) is 19.1 Å². The lowest BCUT2D eigenvalue weighted by atomic mass is 10.1. The first kappa shape index (κ1) is 22.1. The number of furan rings is 1. The van der Waals surface area contributed by atoms with Crippen molar-refractivity contribution in [1.29, 1.82) is 0 Å². The molecule has 3 rings (SSSR count). The van der Waals surface area contributed by atoms with E-state index in [0.29, 0.717) is 30.2 Å². The zero-order valence-corrected chi connectivity index (χ0v) is 17.8. The molecule has 0 unspecified atom stereocenters. The third kappa shape index (κ3) is 5.72. The summed E-state index contributed by atoms with van der Waals surface area (Å²) < 4.78 is 24.2. The molecule has 6 nitrogen and oxygen atoms in total. The summed E-state index contributed by atoms with van der Waals surface area (Å²) in [6, 6.07) is 16.2. The first-order chi connectivity index (χ1) is 14.9. The molecule has 0 bridgehead atoms. The SMILES string of the molecule is CCN(Cc1ccc(C(=O)N(C)C)cc1)C(=O)c1ccc(COc2ccc(F)cc2)o1. The lowest BCUT2D eigenvalue weighted by Crippen LogP contribution is -2.30. The monoisotopic (exact) mass is 424 g/mol. The molecule has 0 aliphatic rings. The number of hydrogen-bond acceptors (Lipinski definition) is 4. The van der Waals surface area contributed by atoms with E-state index in [2.05, 4.69) is 0 Å². The second kappa shape index (κ2) is 9.93. The van der Waals surface area contributed by atoms with Crippen molar-refractivity contribution in [1.82, 2.24) is 9.80 Å². The van der Waals surface area contributed by atoms with E-state index in [0.717, 1.165) is 5.56 Å². The maximum Gasteiger partial charge on any atom is 0.289 e. The molecule has 1 heterocycles. The summed E-state index contributed by atoms with van der Waals surface area (Å²) in [4.78, 5) is 28.0. The molecule has 31 heavy (non-hydrogen) atoms. The van der Waals surface area contributed by atoms with Gasteiger partial charge in [0.25, 0.3) is 11.8 Å². The highest BCUT2D eigenvalue weighted by Gasteiger charge is 2.19. The summed E-state index contributed by atoms with van der Waals surface area (Å²) in [6.07, 6.45) is 0. The van der Waals surface area contributed by atoms with Crippen LogP contribution in [0.1, 0.15) is 39.2 Å². The normalized spacial score (nSPS) is 10.6. The summed E-state index contributed by atoms with van der Waals surface area (Å²) in [7, 11) is 3.41. The van der Waals surface area contributed by atoms with Gasteiger partial charge in [-0.05, 0) is 61.0 Å². The van der Waals surface area contributed by atoms with Crippen LogP contribution in [0.15, 0.2) is 65.1 Å². The zero-order valence-electron chi connectivity index (χ0n) is 17.8. The Balaban J connectivity index is 1.61. The molecule has 0 N–H and O–H groups in total. The van der Waals surface area contributed by atoms with Gasteiger partial charge in [0.05, 0.1) is 0 Å². The highest BCUT2D eigenvalue weighted by atomic mass is 19.1. The van der Waals surface area contributed by atoms with Crippen molar-refractivity contribution in [2.24, 2.45) is 0 Å². The quantitative estimate of drug-likeness (QED) is 0.539. The van der Waals surface area contributed by atoms with Crippen molar-refractivity contribution in [2.75, 3.05) is 20.6 Å². The number of halogens is 1. The van der Waals surface area contributed by atoms with Gasteiger partial charge in [0.15, 0.2) is 5.76 Å². The summed E-state index contributed by atoms with van der Waals surface area (Å²) in [6.45, 7) is 2.92.